The maximum atomic E-state index is 14.1. The number of primary amides is 1. The SMILES string of the molecule is NC(=O)c1cc2c(ccn2CC2CCC(C(=O)N3OCC[C@H]3c3cc(F)cc(F)c3)CC2)cc1F. The van der Waals surface area contributed by atoms with Crippen LogP contribution in [0.3, 0.4) is 0 Å². The second-order valence-electron chi connectivity index (χ2n) is 9.45. The van der Waals surface area contributed by atoms with E-state index >= 15 is 0 Å². The lowest BCUT2D eigenvalue weighted by atomic mass is 9.81. The van der Waals surface area contributed by atoms with E-state index in [1.165, 1.54) is 29.3 Å². The van der Waals surface area contributed by atoms with Crippen molar-refractivity contribution in [1.82, 2.24) is 9.63 Å². The molecule has 2 heterocycles. The molecule has 1 saturated heterocycles. The van der Waals surface area contributed by atoms with E-state index in [2.05, 4.69) is 0 Å². The van der Waals surface area contributed by atoms with Crippen molar-refractivity contribution in [3.63, 3.8) is 0 Å². The zero-order valence-corrected chi connectivity index (χ0v) is 19.1. The lowest BCUT2D eigenvalue weighted by molar-refractivity contribution is -0.183. The Kier molecular flexibility index (Phi) is 6.27. The predicted molar refractivity (Wildman–Crippen MR) is 122 cm³/mol. The minimum atomic E-state index is -0.806. The maximum absolute atomic E-state index is 14.1. The molecule has 2 aliphatic rings. The summed E-state index contributed by atoms with van der Waals surface area (Å²) in [6.07, 6.45) is 5.33. The fourth-order valence-corrected chi connectivity index (χ4v) is 5.36. The molecule has 2 aromatic carbocycles. The summed E-state index contributed by atoms with van der Waals surface area (Å²) in [6, 6.07) is 7.41. The van der Waals surface area contributed by atoms with Crippen LogP contribution in [0.15, 0.2) is 42.6 Å². The molecule has 9 heteroatoms. The summed E-state index contributed by atoms with van der Waals surface area (Å²) in [5.74, 6) is -2.86. The van der Waals surface area contributed by atoms with E-state index in [1.54, 1.807) is 6.07 Å². The topological polar surface area (TPSA) is 77.6 Å². The van der Waals surface area contributed by atoms with Gasteiger partial charge in [0.25, 0.3) is 5.91 Å². The van der Waals surface area contributed by atoms with E-state index in [9.17, 15) is 22.8 Å². The molecule has 35 heavy (non-hydrogen) atoms. The van der Waals surface area contributed by atoms with Crippen molar-refractivity contribution in [2.24, 2.45) is 17.6 Å². The van der Waals surface area contributed by atoms with E-state index in [0.717, 1.165) is 24.4 Å². The lowest BCUT2D eigenvalue weighted by Gasteiger charge is -2.32. The third-order valence-corrected chi connectivity index (χ3v) is 7.17. The number of rotatable bonds is 5. The van der Waals surface area contributed by atoms with Crippen molar-refractivity contribution < 1.29 is 27.6 Å². The van der Waals surface area contributed by atoms with Gasteiger partial charge in [-0.05, 0) is 67.5 Å². The molecule has 184 valence electrons. The molecule has 0 spiro atoms. The van der Waals surface area contributed by atoms with E-state index in [1.807, 2.05) is 10.8 Å². The van der Waals surface area contributed by atoms with Crippen molar-refractivity contribution >= 4 is 22.7 Å². The zero-order chi connectivity index (χ0) is 24.7. The molecule has 2 amide bonds. The van der Waals surface area contributed by atoms with Gasteiger partial charge in [-0.2, -0.15) is 0 Å². The molecule has 2 fully saturated rings. The first-order valence-corrected chi connectivity index (χ1v) is 11.8. The Morgan fingerprint density at radius 2 is 1.69 bits per heavy atom. The second-order valence-corrected chi connectivity index (χ2v) is 9.45. The summed E-state index contributed by atoms with van der Waals surface area (Å²) < 4.78 is 43.5. The molecule has 0 bridgehead atoms. The van der Waals surface area contributed by atoms with Gasteiger partial charge in [0.15, 0.2) is 0 Å². The Bertz CT molecular complexity index is 1260. The van der Waals surface area contributed by atoms with Gasteiger partial charge in [-0.3, -0.25) is 14.4 Å². The maximum Gasteiger partial charge on any atom is 0.251 e. The van der Waals surface area contributed by atoms with Gasteiger partial charge in [-0.15, -0.1) is 0 Å². The molecule has 0 radical (unpaired) electrons. The van der Waals surface area contributed by atoms with Gasteiger partial charge in [0, 0.05) is 42.0 Å². The molecule has 2 N–H and O–H groups in total. The summed E-state index contributed by atoms with van der Waals surface area (Å²) >= 11 is 0. The molecular weight excluding hydrogens is 459 g/mol. The van der Waals surface area contributed by atoms with Gasteiger partial charge in [0.2, 0.25) is 5.91 Å². The number of amides is 2. The van der Waals surface area contributed by atoms with E-state index < -0.39 is 29.4 Å². The summed E-state index contributed by atoms with van der Waals surface area (Å²) in [7, 11) is 0. The Balaban J connectivity index is 1.24. The standard InChI is InChI=1S/C26H26F3N3O3/c27-19-9-18(10-20(28)12-19)23-6-8-35-32(23)26(34)16-3-1-15(2-4-16)14-31-7-5-17-11-22(29)21(25(30)33)13-24(17)31/h5,7,9-13,15-16,23H,1-4,6,8,14H2,(H2,30,33)/t15?,16?,23-/m0/s1. The van der Waals surface area contributed by atoms with Crippen LogP contribution >= 0.6 is 0 Å². The van der Waals surface area contributed by atoms with E-state index in [4.69, 9.17) is 10.6 Å². The molecular formula is C26H26F3N3O3. The number of benzene rings is 2. The molecule has 1 atom stereocenters. The largest absolute Gasteiger partial charge is 0.366 e. The van der Waals surface area contributed by atoms with Crippen molar-refractivity contribution in [3.8, 4) is 0 Å². The summed E-state index contributed by atoms with van der Waals surface area (Å²) in [5.41, 5.74) is 6.30. The number of carbonyl (C=O) groups excluding carboxylic acids is 2. The van der Waals surface area contributed by atoms with Crippen LogP contribution in [-0.2, 0) is 16.2 Å². The minimum absolute atomic E-state index is 0.134. The fraction of sp³-hybridized carbons (Fsp3) is 0.385. The van der Waals surface area contributed by atoms with Gasteiger partial charge in [-0.1, -0.05) is 0 Å². The molecule has 3 aromatic rings. The highest BCUT2D eigenvalue weighted by molar-refractivity contribution is 5.97. The number of fused-ring (bicyclic) bond motifs is 1. The summed E-state index contributed by atoms with van der Waals surface area (Å²) in [4.78, 5) is 30.3. The number of hydrogen-bond acceptors (Lipinski definition) is 3. The Morgan fingerprint density at radius 1 is 0.971 bits per heavy atom. The third kappa shape index (κ3) is 4.65. The lowest BCUT2D eigenvalue weighted by Crippen LogP contribution is -2.37. The number of halogens is 3. The molecule has 1 saturated carbocycles. The smallest absolute Gasteiger partial charge is 0.251 e. The van der Waals surface area contributed by atoms with Gasteiger partial charge >= 0.3 is 0 Å². The zero-order valence-electron chi connectivity index (χ0n) is 19.1. The van der Waals surface area contributed by atoms with Gasteiger partial charge < -0.3 is 10.3 Å². The first-order valence-electron chi connectivity index (χ1n) is 11.8. The Hall–Kier alpha value is -3.33. The van der Waals surface area contributed by atoms with Crippen molar-refractivity contribution in [3.05, 3.63) is 71.2 Å². The van der Waals surface area contributed by atoms with Crippen molar-refractivity contribution in [1.29, 1.82) is 0 Å². The van der Waals surface area contributed by atoms with Gasteiger partial charge in [-0.25, -0.2) is 18.2 Å². The van der Waals surface area contributed by atoms with Crippen LogP contribution in [-0.4, -0.2) is 28.1 Å². The van der Waals surface area contributed by atoms with Crippen LogP contribution < -0.4 is 5.73 Å². The quantitative estimate of drug-likeness (QED) is 0.560. The number of hydrogen-bond donors (Lipinski definition) is 1. The highest BCUT2D eigenvalue weighted by Gasteiger charge is 2.37. The number of aromatic nitrogens is 1. The number of nitrogens with zero attached hydrogens (tertiary/aromatic N) is 2. The van der Waals surface area contributed by atoms with Crippen molar-refractivity contribution in [2.75, 3.05) is 6.61 Å². The normalized spacial score (nSPS) is 22.6. The molecule has 5 rings (SSSR count). The molecule has 6 nitrogen and oxygen atoms in total. The van der Waals surface area contributed by atoms with Gasteiger partial charge in [0.1, 0.15) is 17.5 Å². The molecule has 1 aliphatic heterocycles. The highest BCUT2D eigenvalue weighted by Crippen LogP contribution is 2.37. The molecule has 0 unspecified atom stereocenters. The first-order chi connectivity index (χ1) is 16.8. The van der Waals surface area contributed by atoms with Crippen LogP contribution in [0.25, 0.3) is 10.9 Å². The first kappa shape index (κ1) is 23.4. The fourth-order valence-electron chi connectivity index (χ4n) is 5.36. The van der Waals surface area contributed by atoms with E-state index in [-0.39, 0.29) is 17.4 Å². The average Bonchev–Trinajstić information content (AvgIpc) is 3.45. The number of carbonyl (C=O) groups is 2. The van der Waals surface area contributed by atoms with Crippen molar-refractivity contribution in [2.45, 2.75) is 44.7 Å². The summed E-state index contributed by atoms with van der Waals surface area (Å²) in [6.45, 7) is 0.998. The van der Waals surface area contributed by atoms with Crippen LogP contribution in [0.1, 0.15) is 54.1 Å². The minimum Gasteiger partial charge on any atom is -0.366 e. The number of nitrogens with two attached hydrogens (primary N) is 1. The monoisotopic (exact) mass is 485 g/mol. The molecule has 1 aromatic heterocycles. The number of hydroxylamine groups is 2. The van der Waals surface area contributed by atoms with Gasteiger partial charge in [0.05, 0.1) is 18.2 Å². The third-order valence-electron chi connectivity index (χ3n) is 7.17. The molecule has 1 aliphatic carbocycles. The van der Waals surface area contributed by atoms with Crippen LogP contribution in [0.5, 0.6) is 0 Å². The van der Waals surface area contributed by atoms with Crippen LogP contribution in [0.4, 0.5) is 13.2 Å². The Morgan fingerprint density at radius 3 is 2.37 bits per heavy atom. The van der Waals surface area contributed by atoms with Crippen LogP contribution in [0.2, 0.25) is 0 Å². The Labute approximate surface area is 200 Å². The predicted octanol–water partition coefficient (Wildman–Crippen LogP) is 4.87. The highest BCUT2D eigenvalue weighted by atomic mass is 19.1. The van der Waals surface area contributed by atoms with Crippen LogP contribution in [0, 0.1) is 29.3 Å². The average molecular weight is 486 g/mol. The summed E-state index contributed by atoms with van der Waals surface area (Å²) in [5, 5.41) is 2.00. The second kappa shape index (κ2) is 9.37. The van der Waals surface area contributed by atoms with E-state index in [0.29, 0.717) is 49.3 Å².